The van der Waals surface area contributed by atoms with Crippen LogP contribution in [0.25, 0.3) is 11.0 Å². The van der Waals surface area contributed by atoms with E-state index >= 15 is 0 Å². The number of para-hydroxylation sites is 1. The molecular weight excluding hydrogens is 418 g/mol. The maximum atomic E-state index is 12.9. The Kier molecular flexibility index (Phi) is 6.45. The molecule has 0 bridgehead atoms. The average Bonchev–Trinajstić information content (AvgIpc) is 2.79. The first-order chi connectivity index (χ1) is 15.9. The summed E-state index contributed by atoms with van der Waals surface area (Å²) >= 11 is 0. The fourth-order valence-corrected chi connectivity index (χ4v) is 3.66. The fraction of sp³-hybridized carbons (Fsp3) is 0.185. The number of carbonyl (C=O) groups is 1. The zero-order chi connectivity index (χ0) is 23.4. The molecule has 0 saturated carbocycles. The molecule has 1 N–H and O–H groups in total. The average molecular weight is 443 g/mol. The maximum absolute atomic E-state index is 12.9. The van der Waals surface area contributed by atoms with Crippen molar-refractivity contribution < 1.29 is 18.7 Å². The van der Waals surface area contributed by atoms with Crippen molar-refractivity contribution in [3.05, 3.63) is 93.8 Å². The summed E-state index contributed by atoms with van der Waals surface area (Å²) in [4.78, 5) is 25.2. The van der Waals surface area contributed by atoms with Gasteiger partial charge in [-0.25, -0.2) is 0 Å². The van der Waals surface area contributed by atoms with Gasteiger partial charge in [-0.15, -0.1) is 0 Å². The number of benzene rings is 3. The normalized spacial score (nSPS) is 10.8. The minimum atomic E-state index is -0.282. The van der Waals surface area contributed by atoms with Gasteiger partial charge in [-0.2, -0.15) is 0 Å². The predicted octanol–water partition coefficient (Wildman–Crippen LogP) is 5.78. The molecular formula is C27H25NO5. The van der Waals surface area contributed by atoms with Gasteiger partial charge in [0.1, 0.15) is 23.3 Å². The van der Waals surface area contributed by atoms with Gasteiger partial charge in [0.15, 0.2) is 6.61 Å². The number of hydrogen-bond donors (Lipinski definition) is 1. The third kappa shape index (κ3) is 5.23. The van der Waals surface area contributed by atoms with Crippen LogP contribution in [0.15, 0.2) is 76.1 Å². The molecule has 33 heavy (non-hydrogen) atoms. The number of aryl methyl sites for hydroxylation is 3. The molecule has 4 aromatic rings. The van der Waals surface area contributed by atoms with Crippen LogP contribution in [-0.4, -0.2) is 12.5 Å². The molecule has 168 valence electrons. The molecule has 4 rings (SSSR count). The van der Waals surface area contributed by atoms with Crippen LogP contribution in [0, 0.1) is 13.8 Å². The first kappa shape index (κ1) is 22.1. The van der Waals surface area contributed by atoms with Crippen molar-refractivity contribution in [3.63, 3.8) is 0 Å². The molecule has 0 aliphatic carbocycles. The highest BCUT2D eigenvalue weighted by Crippen LogP contribution is 2.25. The Hall–Kier alpha value is -4.06. The molecule has 0 spiro atoms. The summed E-state index contributed by atoms with van der Waals surface area (Å²) in [5.41, 5.74) is 3.97. The lowest BCUT2D eigenvalue weighted by Crippen LogP contribution is -2.20. The maximum Gasteiger partial charge on any atom is 0.262 e. The largest absolute Gasteiger partial charge is 0.484 e. The van der Waals surface area contributed by atoms with E-state index in [-0.39, 0.29) is 23.7 Å². The van der Waals surface area contributed by atoms with Crippen LogP contribution in [0.1, 0.15) is 23.6 Å². The summed E-state index contributed by atoms with van der Waals surface area (Å²) in [5.74, 6) is 0.840. The van der Waals surface area contributed by atoms with E-state index < -0.39 is 0 Å². The standard InChI is InChI=1S/C27H25NO5/c1-4-19-7-5-6-8-23(19)28-26(29)16-31-20-9-10-22-24(14-20)32-15-25(27(22)30)33-21-12-17(2)11-18(3)13-21/h5-15H,4,16H2,1-3H3,(H,28,29). The van der Waals surface area contributed by atoms with Crippen molar-refractivity contribution in [2.75, 3.05) is 11.9 Å². The van der Waals surface area contributed by atoms with Gasteiger partial charge in [-0.1, -0.05) is 31.2 Å². The number of rotatable bonds is 7. The summed E-state index contributed by atoms with van der Waals surface area (Å²) in [5, 5.41) is 3.23. The Morgan fingerprint density at radius 1 is 0.970 bits per heavy atom. The van der Waals surface area contributed by atoms with E-state index in [1.54, 1.807) is 18.2 Å². The second-order valence-electron chi connectivity index (χ2n) is 7.86. The van der Waals surface area contributed by atoms with E-state index in [1.807, 2.05) is 63.2 Å². The zero-order valence-electron chi connectivity index (χ0n) is 18.8. The van der Waals surface area contributed by atoms with Crippen LogP contribution in [0.4, 0.5) is 5.69 Å². The lowest BCUT2D eigenvalue weighted by atomic mass is 10.1. The minimum absolute atomic E-state index is 0.107. The van der Waals surface area contributed by atoms with Crippen LogP contribution < -0.4 is 20.2 Å². The van der Waals surface area contributed by atoms with Crippen LogP contribution in [0.5, 0.6) is 17.2 Å². The number of ether oxygens (including phenoxy) is 2. The molecule has 1 aromatic heterocycles. The first-order valence-electron chi connectivity index (χ1n) is 10.7. The molecule has 1 heterocycles. The van der Waals surface area contributed by atoms with Crippen molar-refractivity contribution in [1.82, 2.24) is 0 Å². The SMILES string of the molecule is CCc1ccccc1NC(=O)COc1ccc2c(=O)c(Oc3cc(C)cc(C)c3)coc2c1. The van der Waals surface area contributed by atoms with Gasteiger partial charge in [0.05, 0.1) is 5.39 Å². The molecule has 0 atom stereocenters. The van der Waals surface area contributed by atoms with Gasteiger partial charge < -0.3 is 19.2 Å². The van der Waals surface area contributed by atoms with Crippen LogP contribution in [0.2, 0.25) is 0 Å². The van der Waals surface area contributed by atoms with E-state index in [1.165, 1.54) is 6.26 Å². The number of anilines is 1. The van der Waals surface area contributed by atoms with E-state index in [0.717, 1.165) is 28.8 Å². The molecule has 0 saturated heterocycles. The van der Waals surface area contributed by atoms with Crippen molar-refractivity contribution >= 4 is 22.6 Å². The van der Waals surface area contributed by atoms with Crippen molar-refractivity contribution in [2.45, 2.75) is 27.2 Å². The number of hydrogen-bond acceptors (Lipinski definition) is 5. The summed E-state index contributed by atoms with van der Waals surface area (Å²) in [6, 6.07) is 18.2. The van der Waals surface area contributed by atoms with Crippen LogP contribution >= 0.6 is 0 Å². The van der Waals surface area contributed by atoms with Crippen LogP contribution in [-0.2, 0) is 11.2 Å². The molecule has 0 aliphatic rings. The van der Waals surface area contributed by atoms with E-state index in [9.17, 15) is 9.59 Å². The Morgan fingerprint density at radius 3 is 2.48 bits per heavy atom. The highest BCUT2D eigenvalue weighted by atomic mass is 16.5. The molecule has 0 fully saturated rings. The van der Waals surface area contributed by atoms with Crippen LogP contribution in [0.3, 0.4) is 0 Å². The Labute approximate surface area is 191 Å². The zero-order valence-corrected chi connectivity index (χ0v) is 18.8. The first-order valence-corrected chi connectivity index (χ1v) is 10.7. The van der Waals surface area contributed by atoms with Gasteiger partial charge in [0.2, 0.25) is 11.2 Å². The quantitative estimate of drug-likeness (QED) is 0.392. The topological polar surface area (TPSA) is 77.8 Å². The number of fused-ring (bicyclic) bond motifs is 1. The van der Waals surface area contributed by atoms with Gasteiger partial charge in [-0.05, 0) is 67.3 Å². The Balaban J connectivity index is 1.46. The minimum Gasteiger partial charge on any atom is -0.484 e. The van der Waals surface area contributed by atoms with Crippen molar-refractivity contribution in [1.29, 1.82) is 0 Å². The lowest BCUT2D eigenvalue weighted by molar-refractivity contribution is -0.118. The molecule has 1 amide bonds. The van der Waals surface area contributed by atoms with Gasteiger partial charge in [0, 0.05) is 11.8 Å². The van der Waals surface area contributed by atoms with Gasteiger partial charge >= 0.3 is 0 Å². The Morgan fingerprint density at radius 2 is 1.73 bits per heavy atom. The number of carbonyl (C=O) groups excluding carboxylic acids is 1. The van der Waals surface area contributed by atoms with Crippen molar-refractivity contribution in [2.24, 2.45) is 0 Å². The molecule has 3 aromatic carbocycles. The van der Waals surface area contributed by atoms with E-state index in [2.05, 4.69) is 5.32 Å². The smallest absolute Gasteiger partial charge is 0.262 e. The summed E-state index contributed by atoms with van der Waals surface area (Å²) < 4.78 is 17.0. The Bertz CT molecular complexity index is 1350. The second kappa shape index (κ2) is 9.61. The molecule has 0 radical (unpaired) electrons. The summed E-state index contributed by atoms with van der Waals surface area (Å²) in [6.07, 6.45) is 2.11. The third-order valence-electron chi connectivity index (χ3n) is 5.18. The molecule has 6 nitrogen and oxygen atoms in total. The number of amides is 1. The molecule has 6 heteroatoms. The highest BCUT2D eigenvalue weighted by Gasteiger charge is 2.12. The van der Waals surface area contributed by atoms with Gasteiger partial charge in [-0.3, -0.25) is 9.59 Å². The predicted molar refractivity (Wildman–Crippen MR) is 128 cm³/mol. The summed E-state index contributed by atoms with van der Waals surface area (Å²) in [6.45, 7) is 5.80. The fourth-order valence-electron chi connectivity index (χ4n) is 3.66. The highest BCUT2D eigenvalue weighted by molar-refractivity contribution is 5.92. The molecule has 0 unspecified atom stereocenters. The van der Waals surface area contributed by atoms with E-state index in [0.29, 0.717) is 22.5 Å². The second-order valence-corrected chi connectivity index (χ2v) is 7.86. The third-order valence-corrected chi connectivity index (χ3v) is 5.18. The number of nitrogens with one attached hydrogen (secondary N) is 1. The van der Waals surface area contributed by atoms with E-state index in [4.69, 9.17) is 13.9 Å². The molecule has 0 aliphatic heterocycles. The lowest BCUT2D eigenvalue weighted by Gasteiger charge is -2.11. The van der Waals surface area contributed by atoms with Gasteiger partial charge in [0.25, 0.3) is 5.91 Å². The van der Waals surface area contributed by atoms with Crippen molar-refractivity contribution in [3.8, 4) is 17.2 Å². The monoisotopic (exact) mass is 443 g/mol. The summed E-state index contributed by atoms with van der Waals surface area (Å²) in [7, 11) is 0.